The summed E-state index contributed by atoms with van der Waals surface area (Å²) in [6, 6.07) is 0. The standard InChI is InChI=1S/C3H7.CH4.W/c1-3-2;;/h3H,1-2H3;1H4;/q-1;;. The molecule has 0 aliphatic heterocycles. The van der Waals surface area contributed by atoms with Gasteiger partial charge in [0.15, 0.2) is 0 Å². The zero-order valence-electron chi connectivity index (χ0n) is 2.99. The van der Waals surface area contributed by atoms with E-state index in [0.717, 1.165) is 0 Å². The fraction of sp³-hybridized carbons (Fsp3) is 0.750. The molecule has 0 saturated heterocycles. The molecule has 0 radical (unpaired) electrons. The van der Waals surface area contributed by atoms with E-state index < -0.39 is 0 Å². The van der Waals surface area contributed by atoms with Crippen molar-refractivity contribution in [3.05, 3.63) is 6.42 Å². The van der Waals surface area contributed by atoms with Crippen LogP contribution in [0.1, 0.15) is 21.3 Å². The van der Waals surface area contributed by atoms with E-state index in [-0.39, 0.29) is 28.5 Å². The van der Waals surface area contributed by atoms with Gasteiger partial charge in [-0.3, -0.25) is 0 Å². The summed E-state index contributed by atoms with van der Waals surface area (Å²) in [5, 5.41) is 0. The molecule has 0 unspecified atom stereocenters. The fourth-order valence-corrected chi connectivity index (χ4v) is 0. The van der Waals surface area contributed by atoms with Gasteiger partial charge in [0.05, 0.1) is 0 Å². The van der Waals surface area contributed by atoms with Crippen LogP contribution >= 0.6 is 0 Å². The first-order chi connectivity index (χ1) is 1.41. The molecule has 0 fully saturated rings. The first-order valence-corrected chi connectivity index (χ1v) is 1.15. The van der Waals surface area contributed by atoms with Crippen LogP contribution in [0.15, 0.2) is 0 Å². The average molecular weight is 243 g/mol. The molecular weight excluding hydrogens is 232 g/mol. The second-order valence-electron chi connectivity index (χ2n) is 0.577. The first kappa shape index (κ1) is 17.3. The van der Waals surface area contributed by atoms with Crippen LogP contribution in [0.25, 0.3) is 0 Å². The van der Waals surface area contributed by atoms with Crippen molar-refractivity contribution in [1.82, 2.24) is 0 Å². The molecule has 0 atom stereocenters. The van der Waals surface area contributed by atoms with Crippen molar-refractivity contribution < 1.29 is 21.1 Å². The largest absolute Gasteiger partial charge is 0.335 e. The Kier molecular flexibility index (Phi) is 77.4. The van der Waals surface area contributed by atoms with Crippen molar-refractivity contribution in [1.29, 1.82) is 0 Å². The van der Waals surface area contributed by atoms with Crippen molar-refractivity contribution in [2.45, 2.75) is 21.3 Å². The molecule has 5 heavy (non-hydrogen) atoms. The monoisotopic (exact) mass is 243 g/mol. The predicted molar refractivity (Wildman–Crippen MR) is 22.4 cm³/mol. The van der Waals surface area contributed by atoms with Crippen molar-refractivity contribution in [2.75, 3.05) is 0 Å². The molecular formula is C4H11W-. The maximum Gasteiger partial charge on any atom is 0 e. The van der Waals surface area contributed by atoms with Gasteiger partial charge in [-0.2, -0.15) is 13.8 Å². The molecule has 0 spiro atoms. The van der Waals surface area contributed by atoms with Crippen molar-refractivity contribution in [3.63, 3.8) is 0 Å². The van der Waals surface area contributed by atoms with E-state index in [2.05, 4.69) is 0 Å². The topological polar surface area (TPSA) is 0 Å². The summed E-state index contributed by atoms with van der Waals surface area (Å²) in [5.41, 5.74) is 0. The maximum atomic E-state index is 2.00. The molecule has 0 aliphatic carbocycles. The number of hydrogen-bond donors (Lipinski definition) is 0. The third-order valence-electron chi connectivity index (χ3n) is 0. The van der Waals surface area contributed by atoms with Crippen molar-refractivity contribution in [3.8, 4) is 0 Å². The van der Waals surface area contributed by atoms with Crippen LogP contribution in [-0.2, 0) is 21.1 Å². The predicted octanol–water partition coefficient (Wildman–Crippen LogP) is 1.86. The molecule has 0 rings (SSSR count). The molecule has 0 aromatic heterocycles. The Morgan fingerprint density at radius 3 is 1.20 bits per heavy atom. The summed E-state index contributed by atoms with van der Waals surface area (Å²) < 4.78 is 0. The second-order valence-corrected chi connectivity index (χ2v) is 0.577. The third kappa shape index (κ3) is 71.5. The van der Waals surface area contributed by atoms with Crippen LogP contribution < -0.4 is 0 Å². The Morgan fingerprint density at radius 2 is 1.20 bits per heavy atom. The zero-order chi connectivity index (χ0) is 2.71. The summed E-state index contributed by atoms with van der Waals surface area (Å²) >= 11 is 0. The second kappa shape index (κ2) is 22.4. The van der Waals surface area contributed by atoms with Crippen LogP contribution in [0.5, 0.6) is 0 Å². The van der Waals surface area contributed by atoms with Gasteiger partial charge < -0.3 is 6.42 Å². The summed E-state index contributed by atoms with van der Waals surface area (Å²) in [7, 11) is 0. The number of hydrogen-bond acceptors (Lipinski definition) is 0. The fourth-order valence-electron chi connectivity index (χ4n) is 0. The van der Waals surface area contributed by atoms with E-state index in [4.69, 9.17) is 0 Å². The number of rotatable bonds is 0. The molecule has 0 aromatic carbocycles. The van der Waals surface area contributed by atoms with Gasteiger partial charge >= 0.3 is 0 Å². The summed E-state index contributed by atoms with van der Waals surface area (Å²) in [4.78, 5) is 0. The molecule has 1 heteroatoms. The van der Waals surface area contributed by atoms with E-state index in [9.17, 15) is 0 Å². The van der Waals surface area contributed by atoms with Crippen LogP contribution in [0, 0.1) is 6.42 Å². The van der Waals surface area contributed by atoms with E-state index in [1.54, 1.807) is 0 Å². The quantitative estimate of drug-likeness (QED) is 0.569. The van der Waals surface area contributed by atoms with Crippen molar-refractivity contribution in [2.24, 2.45) is 0 Å². The third-order valence-corrected chi connectivity index (χ3v) is 0. The SMILES string of the molecule is C.C[CH-]C.[W]. The summed E-state index contributed by atoms with van der Waals surface area (Å²) in [5.74, 6) is 0. The summed E-state index contributed by atoms with van der Waals surface area (Å²) in [6.45, 7) is 4.00. The van der Waals surface area contributed by atoms with E-state index in [1.165, 1.54) is 0 Å². The molecule has 0 heterocycles. The van der Waals surface area contributed by atoms with Crippen molar-refractivity contribution >= 4 is 0 Å². The van der Waals surface area contributed by atoms with Gasteiger partial charge in [-0.15, -0.1) is 0 Å². The van der Waals surface area contributed by atoms with Gasteiger partial charge in [-0.1, -0.05) is 7.43 Å². The molecule has 0 aromatic rings. The smallest absolute Gasteiger partial charge is 0 e. The normalized spacial score (nSPS) is 3.60. The van der Waals surface area contributed by atoms with Gasteiger partial charge in [-0.05, 0) is 0 Å². The molecule has 0 nitrogen and oxygen atoms in total. The minimum Gasteiger partial charge on any atom is -0.335 e. The molecule has 0 saturated carbocycles. The summed E-state index contributed by atoms with van der Waals surface area (Å²) in [6.07, 6.45) is 2.00. The van der Waals surface area contributed by atoms with Gasteiger partial charge in [0.2, 0.25) is 0 Å². The van der Waals surface area contributed by atoms with Crippen LogP contribution in [0.4, 0.5) is 0 Å². The average Bonchev–Trinajstić information content (AvgIpc) is 0.918. The zero-order valence-corrected chi connectivity index (χ0v) is 5.92. The molecule has 0 bridgehead atoms. The van der Waals surface area contributed by atoms with Gasteiger partial charge in [0.25, 0.3) is 0 Å². The molecule has 0 aliphatic rings. The van der Waals surface area contributed by atoms with Gasteiger partial charge in [0.1, 0.15) is 0 Å². The van der Waals surface area contributed by atoms with Crippen LogP contribution in [-0.4, -0.2) is 0 Å². The molecule has 0 amide bonds. The molecule has 34 valence electrons. The minimum absolute atomic E-state index is 0. The van der Waals surface area contributed by atoms with Gasteiger partial charge in [-0.25, -0.2) is 0 Å². The van der Waals surface area contributed by atoms with E-state index in [0.29, 0.717) is 0 Å². The Bertz CT molecular complexity index is 3.61. The first-order valence-electron chi connectivity index (χ1n) is 1.15. The van der Waals surface area contributed by atoms with E-state index in [1.807, 2.05) is 20.3 Å². The Morgan fingerprint density at radius 1 is 1.20 bits per heavy atom. The van der Waals surface area contributed by atoms with Crippen LogP contribution in [0.3, 0.4) is 0 Å². The Hall–Kier alpha value is 0.688. The van der Waals surface area contributed by atoms with E-state index >= 15 is 0 Å². The Balaban J connectivity index is -0.0000000200. The molecule has 0 N–H and O–H groups in total. The van der Waals surface area contributed by atoms with Crippen LogP contribution in [0.2, 0.25) is 0 Å². The minimum atomic E-state index is 0. The van der Waals surface area contributed by atoms with Gasteiger partial charge in [0, 0.05) is 21.1 Å². The maximum absolute atomic E-state index is 2.00. The Labute approximate surface area is 49.2 Å².